The number of thioether (sulfide) groups is 2. The second-order valence-corrected chi connectivity index (χ2v) is 10.0. The summed E-state index contributed by atoms with van der Waals surface area (Å²) in [7, 11) is 0. The number of fused-ring (bicyclic) bond motifs is 1. The lowest BCUT2D eigenvalue weighted by Crippen LogP contribution is -2.70. The highest BCUT2D eigenvalue weighted by Crippen LogP contribution is 2.41. The Morgan fingerprint density at radius 1 is 1.34 bits per heavy atom. The molecule has 1 fully saturated rings. The van der Waals surface area contributed by atoms with Gasteiger partial charge in [-0.05, 0) is 33.7 Å². The summed E-state index contributed by atoms with van der Waals surface area (Å²) < 4.78 is 1.48. The number of carboxylic acids is 1. The molecule has 16 heteroatoms. The molecular formula is C19H21N9O4S3. The van der Waals surface area contributed by atoms with E-state index in [9.17, 15) is 19.5 Å². The molecule has 3 amide bonds. The fourth-order valence-corrected chi connectivity index (χ4v) is 6.26. The van der Waals surface area contributed by atoms with Gasteiger partial charge in [0.25, 0.3) is 5.91 Å². The number of amides is 3. The van der Waals surface area contributed by atoms with E-state index in [4.69, 9.17) is 18.0 Å². The molecule has 2 aromatic heterocycles. The minimum Gasteiger partial charge on any atom is -0.477 e. The number of pyridine rings is 1. The topological polar surface area (TPSA) is 181 Å². The van der Waals surface area contributed by atoms with Gasteiger partial charge < -0.3 is 21.5 Å². The minimum atomic E-state index is -1.16. The Balaban J connectivity index is 1.39. The Morgan fingerprint density at radius 2 is 2.11 bits per heavy atom. The first kappa shape index (κ1) is 24.9. The predicted molar refractivity (Wildman–Crippen MR) is 131 cm³/mol. The molecule has 13 nitrogen and oxygen atoms in total. The molecule has 1 saturated heterocycles. The normalized spacial score (nSPS) is 19.1. The average molecular weight is 536 g/mol. The Labute approximate surface area is 213 Å². The van der Waals surface area contributed by atoms with Gasteiger partial charge in [0, 0.05) is 36.9 Å². The minimum absolute atomic E-state index is 0.0150. The van der Waals surface area contributed by atoms with Crippen LogP contribution in [0.3, 0.4) is 0 Å². The zero-order valence-corrected chi connectivity index (χ0v) is 20.6. The van der Waals surface area contributed by atoms with Gasteiger partial charge >= 0.3 is 12.0 Å². The van der Waals surface area contributed by atoms with Crippen molar-refractivity contribution in [2.24, 2.45) is 5.73 Å². The van der Waals surface area contributed by atoms with Crippen LogP contribution in [0.25, 0.3) is 0 Å². The van der Waals surface area contributed by atoms with Crippen LogP contribution in [0.4, 0.5) is 4.79 Å². The maximum absolute atomic E-state index is 12.9. The van der Waals surface area contributed by atoms with Gasteiger partial charge in [0.05, 0.1) is 11.5 Å². The summed E-state index contributed by atoms with van der Waals surface area (Å²) in [6.07, 6.45) is 3.81. The smallest absolute Gasteiger partial charge is 0.352 e. The highest BCUT2D eigenvalue weighted by atomic mass is 32.2. The van der Waals surface area contributed by atoms with E-state index in [2.05, 4.69) is 31.1 Å². The molecule has 0 spiro atoms. The number of rotatable bonds is 10. The average Bonchev–Trinajstić information content (AvgIpc) is 3.28. The number of carbonyl (C=O) groups is 3. The summed E-state index contributed by atoms with van der Waals surface area (Å²) >= 11 is 8.14. The first-order valence-electron chi connectivity index (χ1n) is 10.4. The SMILES string of the molecule is NC(=O)NCCn1nnnc1SCC1=C(C(=O)O)N2C(=O)C(NC(=S)Cc3ccncc3)[C@H]2SC1. The van der Waals surface area contributed by atoms with Crippen molar-refractivity contribution in [3.63, 3.8) is 0 Å². The highest BCUT2D eigenvalue weighted by molar-refractivity contribution is 8.01. The van der Waals surface area contributed by atoms with Crippen LogP contribution in [0.1, 0.15) is 5.56 Å². The summed E-state index contributed by atoms with van der Waals surface area (Å²) in [4.78, 5) is 41.6. The Hall–Kier alpha value is -3.24. The van der Waals surface area contributed by atoms with E-state index < -0.39 is 18.0 Å². The Bertz CT molecular complexity index is 1170. The molecule has 2 aromatic rings. The molecule has 2 atom stereocenters. The lowest BCUT2D eigenvalue weighted by atomic mass is 10.0. The number of urea groups is 1. The van der Waals surface area contributed by atoms with Crippen LogP contribution in [0.2, 0.25) is 0 Å². The van der Waals surface area contributed by atoms with Crippen LogP contribution >= 0.6 is 35.7 Å². The summed E-state index contributed by atoms with van der Waals surface area (Å²) in [5, 5.41) is 26.9. The Kier molecular flexibility index (Phi) is 7.82. The number of thiocarbonyl (C=S) groups is 1. The standard InChI is InChI=1S/C19H21N9O4S3/c20-18(32)22-5-6-27-19(24-25-26-27)35-9-11-8-34-16-13(15(29)28(16)14(11)17(30)31)23-12(33)7-10-1-3-21-4-2-10/h1-4,13,16H,5-9H2,(H,23,33)(H,30,31)(H3,20,22,32)/t13?,16-/m1/s1. The summed E-state index contributed by atoms with van der Waals surface area (Å²) in [5.41, 5.74) is 6.61. The summed E-state index contributed by atoms with van der Waals surface area (Å²) in [6, 6.07) is 2.46. The van der Waals surface area contributed by atoms with Crippen molar-refractivity contribution in [3.8, 4) is 0 Å². The van der Waals surface area contributed by atoms with E-state index in [1.165, 1.54) is 33.1 Å². The molecule has 1 unspecified atom stereocenters. The van der Waals surface area contributed by atoms with Crippen molar-refractivity contribution in [2.45, 2.75) is 29.5 Å². The maximum atomic E-state index is 12.9. The van der Waals surface area contributed by atoms with Gasteiger partial charge in [-0.1, -0.05) is 24.0 Å². The van der Waals surface area contributed by atoms with Gasteiger partial charge in [0.2, 0.25) is 5.16 Å². The predicted octanol–water partition coefficient (Wildman–Crippen LogP) is -0.389. The number of aromatic nitrogens is 5. The maximum Gasteiger partial charge on any atom is 0.352 e. The molecule has 4 rings (SSSR count). The zero-order valence-electron chi connectivity index (χ0n) is 18.2. The van der Waals surface area contributed by atoms with E-state index in [0.717, 1.165) is 5.56 Å². The van der Waals surface area contributed by atoms with Gasteiger partial charge in [-0.2, -0.15) is 0 Å². The molecule has 4 heterocycles. The van der Waals surface area contributed by atoms with E-state index >= 15 is 0 Å². The van der Waals surface area contributed by atoms with Crippen LogP contribution < -0.4 is 16.4 Å². The van der Waals surface area contributed by atoms with Crippen LogP contribution in [0, 0.1) is 0 Å². The molecule has 2 aliphatic rings. The quantitative estimate of drug-likeness (QED) is 0.176. The molecule has 0 aliphatic carbocycles. The lowest BCUT2D eigenvalue weighted by molar-refractivity contribution is -0.148. The molecule has 184 valence electrons. The van der Waals surface area contributed by atoms with E-state index in [0.29, 0.717) is 34.4 Å². The zero-order chi connectivity index (χ0) is 24.9. The second-order valence-electron chi connectivity index (χ2n) is 7.51. The van der Waals surface area contributed by atoms with E-state index in [1.54, 1.807) is 12.4 Å². The van der Waals surface area contributed by atoms with Crippen molar-refractivity contribution in [2.75, 3.05) is 18.1 Å². The molecule has 2 aliphatic heterocycles. The number of nitrogens with one attached hydrogen (secondary N) is 2. The van der Waals surface area contributed by atoms with Crippen LogP contribution in [0.15, 0.2) is 41.0 Å². The number of hydrogen-bond acceptors (Lipinski definition) is 10. The fourth-order valence-electron chi connectivity index (χ4n) is 3.58. The largest absolute Gasteiger partial charge is 0.477 e. The van der Waals surface area contributed by atoms with Gasteiger partial charge in [0.1, 0.15) is 17.1 Å². The second kappa shape index (κ2) is 11.0. The van der Waals surface area contributed by atoms with Crippen molar-refractivity contribution in [3.05, 3.63) is 41.4 Å². The fraction of sp³-hybridized carbons (Fsp3) is 0.368. The number of β-lactam (4-membered cyclic amide) rings is 1. The molecule has 35 heavy (non-hydrogen) atoms. The highest BCUT2D eigenvalue weighted by Gasteiger charge is 2.53. The third-order valence-corrected chi connectivity index (χ3v) is 7.82. The monoisotopic (exact) mass is 535 g/mol. The third kappa shape index (κ3) is 5.71. The number of aliphatic carboxylic acids is 1. The van der Waals surface area contributed by atoms with Gasteiger partial charge in [-0.25, -0.2) is 14.3 Å². The lowest BCUT2D eigenvalue weighted by Gasteiger charge is -2.49. The number of carboxylic acid groups (broad SMARTS) is 1. The number of tetrazole rings is 1. The first-order valence-corrected chi connectivity index (χ1v) is 12.8. The van der Waals surface area contributed by atoms with E-state index in [-0.39, 0.29) is 29.3 Å². The van der Waals surface area contributed by atoms with Crippen LogP contribution in [-0.2, 0) is 22.6 Å². The number of carbonyl (C=O) groups excluding carboxylic acids is 2. The van der Waals surface area contributed by atoms with Gasteiger partial charge in [-0.15, -0.1) is 16.9 Å². The van der Waals surface area contributed by atoms with Crippen molar-refractivity contribution >= 4 is 58.6 Å². The molecule has 0 aromatic carbocycles. The van der Waals surface area contributed by atoms with E-state index in [1.807, 2.05) is 12.1 Å². The van der Waals surface area contributed by atoms with Crippen LogP contribution in [-0.4, -0.2) is 87.6 Å². The molecular weight excluding hydrogens is 514 g/mol. The molecule has 0 bridgehead atoms. The Morgan fingerprint density at radius 3 is 2.83 bits per heavy atom. The van der Waals surface area contributed by atoms with Crippen molar-refractivity contribution < 1.29 is 19.5 Å². The summed E-state index contributed by atoms with van der Waals surface area (Å²) in [6.45, 7) is 0.547. The number of nitrogens with two attached hydrogens (primary N) is 1. The molecule has 5 N–H and O–H groups in total. The molecule has 0 radical (unpaired) electrons. The number of nitrogens with zero attached hydrogens (tertiary/aromatic N) is 6. The molecule has 0 saturated carbocycles. The van der Waals surface area contributed by atoms with Gasteiger partial charge in [-0.3, -0.25) is 14.7 Å². The van der Waals surface area contributed by atoms with Gasteiger partial charge in [0.15, 0.2) is 0 Å². The van der Waals surface area contributed by atoms with Crippen molar-refractivity contribution in [1.82, 2.24) is 40.7 Å². The van der Waals surface area contributed by atoms with Crippen LogP contribution in [0.5, 0.6) is 0 Å². The first-order chi connectivity index (χ1) is 16.8. The number of hydrogen-bond donors (Lipinski definition) is 4. The van der Waals surface area contributed by atoms with Crippen molar-refractivity contribution in [1.29, 1.82) is 0 Å². The number of primary amides is 1. The third-order valence-electron chi connectivity index (χ3n) is 5.18. The summed E-state index contributed by atoms with van der Waals surface area (Å²) in [5.74, 6) is -0.778.